The average molecular weight is 474 g/mol. The predicted molar refractivity (Wildman–Crippen MR) is 137 cm³/mol. The van der Waals surface area contributed by atoms with Crippen molar-refractivity contribution in [3.8, 4) is 0 Å². The van der Waals surface area contributed by atoms with Gasteiger partial charge >= 0.3 is 0 Å². The van der Waals surface area contributed by atoms with Gasteiger partial charge in [-0.2, -0.15) is 0 Å². The Morgan fingerprint density at radius 2 is 1.50 bits per heavy atom. The van der Waals surface area contributed by atoms with E-state index in [0.29, 0.717) is 29.3 Å². The van der Waals surface area contributed by atoms with Crippen molar-refractivity contribution in [2.75, 3.05) is 33.2 Å². The Bertz CT molecular complexity index is 746. The highest BCUT2D eigenvalue weighted by molar-refractivity contribution is 5.13. The van der Waals surface area contributed by atoms with Crippen LogP contribution in [0, 0.1) is 34.5 Å². The maximum atomic E-state index is 11.8. The lowest BCUT2D eigenvalue weighted by Gasteiger charge is -2.62. The van der Waals surface area contributed by atoms with Crippen molar-refractivity contribution < 1.29 is 14.7 Å². The minimum absolute atomic E-state index is 0.119. The highest BCUT2D eigenvalue weighted by Crippen LogP contribution is 2.67. The lowest BCUT2D eigenvalue weighted by molar-refractivity contribution is -0.940. The normalized spacial score (nSPS) is 53.6. The number of aliphatic hydroxyl groups is 2. The molecule has 2 heterocycles. The van der Waals surface area contributed by atoms with Crippen LogP contribution in [-0.2, 0) is 0 Å². The highest BCUT2D eigenvalue weighted by atomic mass is 16.3. The number of hydrogen-bond acceptors (Lipinski definition) is 3. The summed E-state index contributed by atoms with van der Waals surface area (Å²) in [5.74, 6) is 2.97. The minimum atomic E-state index is -0.124. The van der Waals surface area contributed by atoms with Crippen LogP contribution < -0.4 is 0 Å². The van der Waals surface area contributed by atoms with E-state index in [4.69, 9.17) is 0 Å². The summed E-state index contributed by atoms with van der Waals surface area (Å²) < 4.78 is 1.13. The summed E-state index contributed by atoms with van der Waals surface area (Å²) in [4.78, 5) is 2.67. The number of likely N-dealkylation sites (tertiary alicyclic amines) is 2. The van der Waals surface area contributed by atoms with E-state index in [1.165, 1.54) is 103 Å². The van der Waals surface area contributed by atoms with Gasteiger partial charge in [0.2, 0.25) is 0 Å². The van der Waals surface area contributed by atoms with E-state index in [-0.39, 0.29) is 17.6 Å². The second kappa shape index (κ2) is 8.71. The number of nitrogens with zero attached hydrogens (tertiary/aromatic N) is 2. The quantitative estimate of drug-likeness (QED) is 0.565. The molecule has 0 aromatic rings. The Labute approximate surface area is 209 Å². The topological polar surface area (TPSA) is 43.7 Å². The van der Waals surface area contributed by atoms with Gasteiger partial charge in [0.05, 0.1) is 26.2 Å². The van der Waals surface area contributed by atoms with Crippen LogP contribution in [0.1, 0.15) is 97.3 Å². The van der Waals surface area contributed by atoms with Gasteiger partial charge in [-0.1, -0.05) is 20.3 Å². The molecule has 0 radical (unpaired) electrons. The molecule has 0 unspecified atom stereocenters. The van der Waals surface area contributed by atoms with Crippen molar-refractivity contribution in [1.29, 1.82) is 0 Å². The Balaban J connectivity index is 1.25. The summed E-state index contributed by atoms with van der Waals surface area (Å²) in [6.45, 7) is 10.1. The van der Waals surface area contributed by atoms with Gasteiger partial charge in [-0.15, -0.1) is 0 Å². The van der Waals surface area contributed by atoms with Crippen LogP contribution in [0.3, 0.4) is 0 Å². The molecule has 0 aromatic heterocycles. The third-order valence-corrected chi connectivity index (χ3v) is 13.2. The molecular formula is C30H53N2O2+. The van der Waals surface area contributed by atoms with Gasteiger partial charge in [-0.05, 0) is 113 Å². The largest absolute Gasteiger partial charge is 0.391 e. The molecule has 4 aliphatic carbocycles. The van der Waals surface area contributed by atoms with E-state index in [1.54, 1.807) is 0 Å². The van der Waals surface area contributed by atoms with Gasteiger partial charge in [0.15, 0.2) is 0 Å². The highest BCUT2D eigenvalue weighted by Gasteiger charge is 2.65. The van der Waals surface area contributed by atoms with Gasteiger partial charge in [-0.3, -0.25) is 4.90 Å². The maximum Gasteiger partial charge on any atom is 0.116 e. The fraction of sp³-hybridized carbons (Fsp3) is 1.00. The van der Waals surface area contributed by atoms with E-state index < -0.39 is 0 Å². The number of piperidine rings is 2. The van der Waals surface area contributed by atoms with Crippen molar-refractivity contribution in [2.45, 2.75) is 122 Å². The number of aliphatic hydroxyl groups excluding tert-OH is 2. The first-order valence-electron chi connectivity index (χ1n) is 15.2. The van der Waals surface area contributed by atoms with E-state index in [2.05, 4.69) is 25.8 Å². The molecule has 4 saturated carbocycles. The maximum absolute atomic E-state index is 11.8. The number of likely N-dealkylation sites (N-methyl/N-ethyl adjacent to an activating group) is 1. The zero-order valence-corrected chi connectivity index (χ0v) is 22.4. The van der Waals surface area contributed by atoms with Crippen LogP contribution in [0.4, 0.5) is 0 Å². The van der Waals surface area contributed by atoms with E-state index in [9.17, 15) is 10.2 Å². The Morgan fingerprint density at radius 3 is 2.24 bits per heavy atom. The molecule has 0 aromatic carbocycles. The third-order valence-electron chi connectivity index (χ3n) is 13.2. The Morgan fingerprint density at radius 1 is 0.794 bits per heavy atom. The molecule has 0 bridgehead atoms. The molecule has 2 aliphatic heterocycles. The van der Waals surface area contributed by atoms with Gasteiger partial charge < -0.3 is 14.7 Å². The van der Waals surface area contributed by atoms with Crippen molar-refractivity contribution in [3.63, 3.8) is 0 Å². The molecular weight excluding hydrogens is 420 g/mol. The van der Waals surface area contributed by atoms with Crippen LogP contribution in [0.2, 0.25) is 0 Å². The Kier molecular flexibility index (Phi) is 6.19. The second-order valence-electron chi connectivity index (χ2n) is 14.6. The molecule has 34 heavy (non-hydrogen) atoms. The molecule has 6 aliphatic rings. The molecule has 194 valence electrons. The first kappa shape index (κ1) is 24.2. The molecule has 6 fully saturated rings. The van der Waals surface area contributed by atoms with Gasteiger partial charge in [0, 0.05) is 17.9 Å². The number of fused-ring (bicyclic) bond motifs is 5. The summed E-state index contributed by atoms with van der Waals surface area (Å²) in [5, 5.41) is 23.1. The van der Waals surface area contributed by atoms with Crippen LogP contribution in [0.15, 0.2) is 0 Å². The van der Waals surface area contributed by atoms with Crippen molar-refractivity contribution in [1.82, 2.24) is 4.90 Å². The zero-order chi connectivity index (χ0) is 23.7. The summed E-state index contributed by atoms with van der Waals surface area (Å²) in [6.07, 6.45) is 16.5. The first-order valence-corrected chi connectivity index (χ1v) is 15.2. The predicted octanol–water partition coefficient (Wildman–Crippen LogP) is 4.82. The van der Waals surface area contributed by atoms with E-state index in [0.717, 1.165) is 22.7 Å². The van der Waals surface area contributed by atoms with Gasteiger partial charge in [-0.25, -0.2) is 0 Å². The van der Waals surface area contributed by atoms with Crippen molar-refractivity contribution in [3.05, 3.63) is 0 Å². The zero-order valence-electron chi connectivity index (χ0n) is 22.4. The molecule has 2 saturated heterocycles. The lowest BCUT2D eigenvalue weighted by Crippen LogP contribution is -2.60. The van der Waals surface area contributed by atoms with E-state index in [1.807, 2.05) is 0 Å². The fourth-order valence-corrected chi connectivity index (χ4v) is 11.0. The minimum Gasteiger partial charge on any atom is -0.391 e. The van der Waals surface area contributed by atoms with Gasteiger partial charge in [0.1, 0.15) is 12.1 Å². The average Bonchev–Trinajstić information content (AvgIpc) is 3.12. The fourth-order valence-electron chi connectivity index (χ4n) is 11.0. The summed E-state index contributed by atoms with van der Waals surface area (Å²) in [6, 6.07) is 0.835. The molecule has 0 spiro atoms. The van der Waals surface area contributed by atoms with Gasteiger partial charge in [0.25, 0.3) is 0 Å². The van der Waals surface area contributed by atoms with Crippen molar-refractivity contribution >= 4 is 0 Å². The first-order chi connectivity index (χ1) is 16.3. The molecule has 6 rings (SSSR count). The number of quaternary nitrogens is 1. The van der Waals surface area contributed by atoms with Crippen LogP contribution >= 0.6 is 0 Å². The second-order valence-corrected chi connectivity index (χ2v) is 14.6. The summed E-state index contributed by atoms with van der Waals surface area (Å²) in [7, 11) is 2.47. The molecule has 10 atom stereocenters. The smallest absolute Gasteiger partial charge is 0.116 e. The van der Waals surface area contributed by atoms with Crippen LogP contribution in [-0.4, -0.2) is 77.1 Å². The van der Waals surface area contributed by atoms with Crippen LogP contribution in [0.25, 0.3) is 0 Å². The Hall–Kier alpha value is -0.160. The van der Waals surface area contributed by atoms with E-state index >= 15 is 0 Å². The SMILES string of the molecule is C[C@]12C[C@H](N3CCCCC3)[C@@H](O)C[C@@H]1CC[C@@H]1[C@@H]2CC[C@]2(C)[C@H](O)[C@@H]([N+]3(C)CCCCC3)C[C@@H]12. The molecule has 4 nitrogen and oxygen atoms in total. The van der Waals surface area contributed by atoms with Crippen molar-refractivity contribution in [2.24, 2.45) is 34.5 Å². The standard InChI is InChI=1S/C30H53N2O2/c1-29-13-12-23-22(24(29)19-26(28(29)34)32(3)16-8-5-9-17-32)11-10-21-18-27(33)25(20-30(21,23)2)31-14-6-4-7-15-31/h21-28,33-34H,4-20H2,1-3H3/q+1/t21-,22+,23-,24-,25-,26-,27-,28+,29-,30-/m0/s1. The number of hydrogen-bond donors (Lipinski definition) is 2. The molecule has 2 N–H and O–H groups in total. The summed E-state index contributed by atoms with van der Waals surface area (Å²) >= 11 is 0. The summed E-state index contributed by atoms with van der Waals surface area (Å²) in [5.41, 5.74) is 0.492. The third kappa shape index (κ3) is 3.59. The monoisotopic (exact) mass is 473 g/mol. The van der Waals surface area contributed by atoms with Crippen LogP contribution in [0.5, 0.6) is 0 Å². The lowest BCUT2D eigenvalue weighted by atomic mass is 9.44. The number of rotatable bonds is 2. The molecule has 4 heteroatoms. The molecule has 0 amide bonds.